The Hall–Kier alpha value is -2.36. The first-order valence-corrected chi connectivity index (χ1v) is 11.9. The van der Waals surface area contributed by atoms with Crippen molar-refractivity contribution in [3.05, 3.63) is 0 Å². The summed E-state index contributed by atoms with van der Waals surface area (Å²) in [5, 5.41) is 2.67. The van der Waals surface area contributed by atoms with E-state index >= 15 is 0 Å². The Balaban J connectivity index is 1.68. The molecule has 1 unspecified atom stereocenters. The van der Waals surface area contributed by atoms with Crippen LogP contribution in [0.3, 0.4) is 0 Å². The van der Waals surface area contributed by atoms with E-state index in [2.05, 4.69) is 5.32 Å². The first kappa shape index (κ1) is 26.9. The number of hydrogen-bond acceptors (Lipinski definition) is 7. The number of rotatable bonds is 8. The van der Waals surface area contributed by atoms with E-state index in [4.69, 9.17) is 14.2 Å². The third-order valence-corrected chi connectivity index (χ3v) is 5.68. The molecule has 1 atom stereocenters. The Morgan fingerprint density at radius 1 is 1.03 bits per heavy atom. The second-order valence-electron chi connectivity index (χ2n) is 9.49. The standard InChI is InChI=1S/C23H39N3O7/c1-5-31-20(28)8-11-24-21(29)18-16-26(14-15-32-18)19(27)7-6-17-9-12-25(13-10-17)22(30)33-23(2,3)4/h17-18H,5-16H2,1-4H3,(H,24,29). The third kappa shape index (κ3) is 9.57. The highest BCUT2D eigenvalue weighted by molar-refractivity contribution is 5.83. The van der Waals surface area contributed by atoms with E-state index in [-0.39, 0.29) is 43.4 Å². The summed E-state index contributed by atoms with van der Waals surface area (Å²) in [4.78, 5) is 52.0. The third-order valence-electron chi connectivity index (χ3n) is 5.68. The van der Waals surface area contributed by atoms with Crippen LogP contribution in [-0.2, 0) is 28.6 Å². The van der Waals surface area contributed by atoms with Gasteiger partial charge in [-0.05, 0) is 52.9 Å². The SMILES string of the molecule is CCOC(=O)CCNC(=O)C1CN(C(=O)CCC2CCN(C(=O)OC(C)(C)C)CC2)CCO1. The van der Waals surface area contributed by atoms with E-state index in [9.17, 15) is 19.2 Å². The van der Waals surface area contributed by atoms with Gasteiger partial charge in [0.2, 0.25) is 5.91 Å². The molecule has 2 saturated heterocycles. The van der Waals surface area contributed by atoms with E-state index in [1.54, 1.807) is 16.7 Å². The molecule has 0 bridgehead atoms. The molecule has 0 aromatic heterocycles. The fourth-order valence-electron chi connectivity index (χ4n) is 3.89. The van der Waals surface area contributed by atoms with Crippen LogP contribution in [0.2, 0.25) is 0 Å². The van der Waals surface area contributed by atoms with Gasteiger partial charge in [-0.1, -0.05) is 0 Å². The molecule has 10 nitrogen and oxygen atoms in total. The summed E-state index contributed by atoms with van der Waals surface area (Å²) in [6.07, 6.45) is 1.95. The number of nitrogens with one attached hydrogen (secondary N) is 1. The quantitative estimate of drug-likeness (QED) is 0.538. The van der Waals surface area contributed by atoms with Crippen LogP contribution >= 0.6 is 0 Å². The van der Waals surface area contributed by atoms with Crippen molar-refractivity contribution in [2.75, 3.05) is 45.9 Å². The number of ether oxygens (including phenoxy) is 3. The normalized spacial score (nSPS) is 19.7. The first-order valence-electron chi connectivity index (χ1n) is 11.9. The summed E-state index contributed by atoms with van der Waals surface area (Å²) in [5.41, 5.74) is -0.506. The predicted molar refractivity (Wildman–Crippen MR) is 120 cm³/mol. The van der Waals surface area contributed by atoms with Crippen molar-refractivity contribution in [3.63, 3.8) is 0 Å². The summed E-state index contributed by atoms with van der Waals surface area (Å²) in [7, 11) is 0. The molecule has 2 fully saturated rings. The van der Waals surface area contributed by atoms with E-state index in [1.165, 1.54) is 0 Å². The molecule has 0 saturated carbocycles. The number of amides is 3. The number of carbonyl (C=O) groups is 4. The van der Waals surface area contributed by atoms with Crippen molar-refractivity contribution < 1.29 is 33.4 Å². The van der Waals surface area contributed by atoms with Crippen molar-refractivity contribution in [2.24, 2.45) is 5.92 Å². The van der Waals surface area contributed by atoms with Crippen LogP contribution in [0.5, 0.6) is 0 Å². The predicted octanol–water partition coefficient (Wildman–Crippen LogP) is 1.71. The Bertz CT molecular complexity index is 684. The van der Waals surface area contributed by atoms with Crippen LogP contribution in [0.25, 0.3) is 0 Å². The summed E-state index contributed by atoms with van der Waals surface area (Å²) in [6.45, 7) is 10.0. The highest BCUT2D eigenvalue weighted by Crippen LogP contribution is 2.24. The smallest absolute Gasteiger partial charge is 0.410 e. The lowest BCUT2D eigenvalue weighted by molar-refractivity contribution is -0.147. The zero-order chi connectivity index (χ0) is 24.4. The maximum Gasteiger partial charge on any atom is 0.410 e. The molecule has 2 aliphatic heterocycles. The van der Waals surface area contributed by atoms with E-state index < -0.39 is 11.7 Å². The van der Waals surface area contributed by atoms with Crippen LogP contribution in [0.15, 0.2) is 0 Å². The average molecular weight is 470 g/mol. The van der Waals surface area contributed by atoms with Crippen LogP contribution in [0, 0.1) is 5.92 Å². The first-order chi connectivity index (χ1) is 15.6. The molecule has 2 heterocycles. The van der Waals surface area contributed by atoms with Crippen LogP contribution in [-0.4, -0.2) is 91.3 Å². The number of carbonyl (C=O) groups excluding carboxylic acids is 4. The Morgan fingerprint density at radius 2 is 1.73 bits per heavy atom. The number of morpholine rings is 1. The molecule has 2 aliphatic rings. The van der Waals surface area contributed by atoms with Crippen LogP contribution in [0.4, 0.5) is 4.79 Å². The Labute approximate surface area is 196 Å². The summed E-state index contributed by atoms with van der Waals surface area (Å²) < 4.78 is 15.8. The Morgan fingerprint density at radius 3 is 2.36 bits per heavy atom. The van der Waals surface area contributed by atoms with Gasteiger partial charge in [-0.15, -0.1) is 0 Å². The Kier molecular flexibility index (Phi) is 10.4. The second kappa shape index (κ2) is 12.8. The van der Waals surface area contributed by atoms with Gasteiger partial charge in [0, 0.05) is 32.6 Å². The van der Waals surface area contributed by atoms with Gasteiger partial charge in [0.05, 0.1) is 26.2 Å². The van der Waals surface area contributed by atoms with Gasteiger partial charge in [0.25, 0.3) is 5.91 Å². The highest BCUT2D eigenvalue weighted by atomic mass is 16.6. The molecule has 33 heavy (non-hydrogen) atoms. The second-order valence-corrected chi connectivity index (χ2v) is 9.49. The van der Waals surface area contributed by atoms with Gasteiger partial charge in [-0.2, -0.15) is 0 Å². The van der Waals surface area contributed by atoms with E-state index in [0.717, 1.165) is 19.3 Å². The number of likely N-dealkylation sites (tertiary alicyclic amines) is 1. The van der Waals surface area contributed by atoms with Gasteiger partial charge >= 0.3 is 12.1 Å². The maximum atomic E-state index is 12.7. The minimum atomic E-state index is -0.734. The molecule has 0 aliphatic carbocycles. The van der Waals surface area contributed by atoms with Gasteiger partial charge in [-0.3, -0.25) is 14.4 Å². The average Bonchev–Trinajstić information content (AvgIpc) is 2.77. The largest absolute Gasteiger partial charge is 0.466 e. The molecule has 188 valence electrons. The van der Waals surface area contributed by atoms with E-state index in [1.807, 2.05) is 20.8 Å². The number of piperidine rings is 1. The lowest BCUT2D eigenvalue weighted by Gasteiger charge is -2.34. The molecule has 0 aromatic carbocycles. The van der Waals surface area contributed by atoms with Crippen molar-refractivity contribution in [1.82, 2.24) is 15.1 Å². The summed E-state index contributed by atoms with van der Waals surface area (Å²) >= 11 is 0. The molecule has 0 aromatic rings. The van der Waals surface area contributed by atoms with Gasteiger partial charge in [-0.25, -0.2) is 4.79 Å². The topological polar surface area (TPSA) is 114 Å². The van der Waals surface area contributed by atoms with Crippen molar-refractivity contribution in [3.8, 4) is 0 Å². The van der Waals surface area contributed by atoms with Crippen LogP contribution < -0.4 is 5.32 Å². The maximum absolute atomic E-state index is 12.7. The molecule has 2 rings (SSSR count). The number of nitrogens with zero attached hydrogens (tertiary/aromatic N) is 2. The fraction of sp³-hybridized carbons (Fsp3) is 0.826. The van der Waals surface area contributed by atoms with E-state index in [0.29, 0.717) is 45.2 Å². The van der Waals surface area contributed by atoms with Gasteiger partial charge < -0.3 is 29.3 Å². The lowest BCUT2D eigenvalue weighted by atomic mass is 9.92. The number of hydrogen-bond donors (Lipinski definition) is 1. The molecular weight excluding hydrogens is 430 g/mol. The molecule has 1 N–H and O–H groups in total. The summed E-state index contributed by atoms with van der Waals surface area (Å²) in [6, 6.07) is 0. The zero-order valence-electron chi connectivity index (χ0n) is 20.4. The van der Waals surface area contributed by atoms with Gasteiger partial charge in [0.1, 0.15) is 5.60 Å². The molecule has 0 radical (unpaired) electrons. The minimum Gasteiger partial charge on any atom is -0.466 e. The molecule has 3 amide bonds. The molecule has 0 spiro atoms. The van der Waals surface area contributed by atoms with Crippen molar-refractivity contribution in [1.29, 1.82) is 0 Å². The molecular formula is C23H39N3O7. The zero-order valence-corrected chi connectivity index (χ0v) is 20.4. The fourth-order valence-corrected chi connectivity index (χ4v) is 3.89. The monoisotopic (exact) mass is 469 g/mol. The summed E-state index contributed by atoms with van der Waals surface area (Å²) in [5.74, 6) is -0.296. The number of esters is 1. The van der Waals surface area contributed by atoms with Crippen molar-refractivity contribution in [2.45, 2.75) is 71.5 Å². The highest BCUT2D eigenvalue weighted by Gasteiger charge is 2.30. The lowest BCUT2D eigenvalue weighted by Crippen LogP contribution is -2.51. The van der Waals surface area contributed by atoms with Gasteiger partial charge in [0.15, 0.2) is 6.10 Å². The van der Waals surface area contributed by atoms with Crippen LogP contribution in [0.1, 0.15) is 59.8 Å². The molecule has 10 heteroatoms. The van der Waals surface area contributed by atoms with Crippen molar-refractivity contribution >= 4 is 23.9 Å². The minimum absolute atomic E-state index is 0.0113.